The van der Waals surface area contributed by atoms with Gasteiger partial charge in [-0.3, -0.25) is 15.0 Å². The molecule has 0 aliphatic carbocycles. The van der Waals surface area contributed by atoms with Crippen LogP contribution in [0, 0.1) is 5.92 Å². The summed E-state index contributed by atoms with van der Waals surface area (Å²) in [5.74, 6) is 4.23. The van der Waals surface area contributed by atoms with Crippen molar-refractivity contribution in [1.82, 2.24) is 15.6 Å². The number of carbonyl (C=O) groups excluding carboxylic acids is 3. The minimum absolute atomic E-state index is 0.193. The van der Waals surface area contributed by atoms with E-state index in [1.54, 1.807) is 4.90 Å². The number of hydrazine groups is 1. The van der Waals surface area contributed by atoms with Gasteiger partial charge < -0.3 is 16.0 Å². The summed E-state index contributed by atoms with van der Waals surface area (Å²) in [5, 5.41) is 2.71. The van der Waals surface area contributed by atoms with Crippen LogP contribution in [0.3, 0.4) is 0 Å². The van der Waals surface area contributed by atoms with Gasteiger partial charge in [0.15, 0.2) is 0 Å². The molecule has 1 atom stereocenters. The molecule has 1 aliphatic heterocycles. The average molecular weight is 333 g/mol. The van der Waals surface area contributed by atoms with Gasteiger partial charge in [-0.05, 0) is 18.4 Å². The molecule has 130 valence electrons. The highest BCUT2D eigenvalue weighted by molar-refractivity contribution is 5.87. The van der Waals surface area contributed by atoms with E-state index in [0.29, 0.717) is 32.4 Å². The first-order valence-corrected chi connectivity index (χ1v) is 7.90. The number of benzene rings is 1. The molecule has 1 saturated heterocycles. The van der Waals surface area contributed by atoms with Crippen LogP contribution in [0.4, 0.5) is 4.79 Å². The highest BCUT2D eigenvalue weighted by atomic mass is 16.2. The van der Waals surface area contributed by atoms with Gasteiger partial charge in [0, 0.05) is 25.4 Å². The minimum Gasteiger partial charge on any atom is -0.369 e. The molecule has 2 rings (SSSR count). The lowest BCUT2D eigenvalue weighted by molar-refractivity contribution is -0.123. The van der Waals surface area contributed by atoms with Crippen LogP contribution in [0.15, 0.2) is 30.3 Å². The summed E-state index contributed by atoms with van der Waals surface area (Å²) in [7, 11) is 0. The Hall–Kier alpha value is -2.61. The Morgan fingerprint density at radius 2 is 1.79 bits per heavy atom. The third-order valence-corrected chi connectivity index (χ3v) is 4.22. The van der Waals surface area contributed by atoms with Crippen LogP contribution in [0.5, 0.6) is 0 Å². The van der Waals surface area contributed by atoms with Crippen molar-refractivity contribution in [1.29, 1.82) is 0 Å². The summed E-state index contributed by atoms with van der Waals surface area (Å²) in [6.45, 7) is 0.865. The number of hydrogen-bond donors (Lipinski definition) is 4. The fraction of sp³-hybridized carbons (Fsp3) is 0.438. The van der Waals surface area contributed by atoms with Crippen molar-refractivity contribution in [2.24, 2.45) is 17.5 Å². The highest BCUT2D eigenvalue weighted by Crippen LogP contribution is 2.16. The molecule has 1 aromatic carbocycles. The molecular weight excluding hydrogens is 310 g/mol. The van der Waals surface area contributed by atoms with Crippen molar-refractivity contribution in [3.8, 4) is 0 Å². The summed E-state index contributed by atoms with van der Waals surface area (Å²) in [4.78, 5) is 37.1. The molecule has 24 heavy (non-hydrogen) atoms. The zero-order valence-corrected chi connectivity index (χ0v) is 13.4. The van der Waals surface area contributed by atoms with Crippen molar-refractivity contribution in [3.63, 3.8) is 0 Å². The van der Waals surface area contributed by atoms with E-state index >= 15 is 0 Å². The number of primary amides is 1. The number of nitrogens with one attached hydrogen (secondary N) is 2. The van der Waals surface area contributed by atoms with Gasteiger partial charge >= 0.3 is 6.03 Å². The molecule has 1 heterocycles. The molecule has 4 amide bonds. The smallest absolute Gasteiger partial charge is 0.318 e. The number of hydrogen-bond acceptors (Lipinski definition) is 4. The third kappa shape index (κ3) is 4.69. The topological polar surface area (TPSA) is 131 Å². The van der Waals surface area contributed by atoms with Gasteiger partial charge in [-0.15, -0.1) is 0 Å². The second-order valence-corrected chi connectivity index (χ2v) is 5.86. The van der Waals surface area contributed by atoms with Crippen molar-refractivity contribution < 1.29 is 14.4 Å². The lowest BCUT2D eigenvalue weighted by Crippen LogP contribution is -2.55. The molecule has 1 fully saturated rings. The standard InChI is InChI=1S/C16H23N5O3/c17-14(22)12-6-8-21(9-7-12)16(24)19-13(15(23)20-18)10-11-4-2-1-3-5-11/h1-5,12-13H,6-10,18H2,(H2,17,22)(H,19,24)(H,20,23). The maximum atomic E-state index is 12.4. The molecule has 0 saturated carbocycles. The van der Waals surface area contributed by atoms with Gasteiger partial charge in [-0.2, -0.15) is 0 Å². The number of rotatable bonds is 5. The van der Waals surface area contributed by atoms with Gasteiger partial charge in [0.25, 0.3) is 5.91 Å². The number of piperidine rings is 1. The van der Waals surface area contributed by atoms with Crippen molar-refractivity contribution in [2.45, 2.75) is 25.3 Å². The number of urea groups is 1. The van der Waals surface area contributed by atoms with E-state index < -0.39 is 11.9 Å². The summed E-state index contributed by atoms with van der Waals surface area (Å²) in [6, 6.07) is 8.25. The zero-order valence-electron chi connectivity index (χ0n) is 13.4. The molecule has 0 aromatic heterocycles. The van der Waals surface area contributed by atoms with E-state index in [-0.39, 0.29) is 17.9 Å². The predicted molar refractivity (Wildman–Crippen MR) is 88.3 cm³/mol. The molecule has 0 radical (unpaired) electrons. The average Bonchev–Trinajstić information content (AvgIpc) is 2.61. The Kier molecular flexibility index (Phi) is 6.14. The molecule has 1 unspecified atom stereocenters. The maximum Gasteiger partial charge on any atom is 0.318 e. The summed E-state index contributed by atoms with van der Waals surface area (Å²) >= 11 is 0. The van der Waals surface area contributed by atoms with E-state index in [1.165, 1.54) is 0 Å². The molecule has 1 aromatic rings. The second kappa shape index (κ2) is 8.30. The van der Waals surface area contributed by atoms with Crippen LogP contribution in [0.25, 0.3) is 0 Å². The van der Waals surface area contributed by atoms with Crippen LogP contribution in [0.2, 0.25) is 0 Å². The molecule has 1 aliphatic rings. The fourth-order valence-electron chi connectivity index (χ4n) is 2.77. The van der Waals surface area contributed by atoms with Gasteiger partial charge in [0.2, 0.25) is 5.91 Å². The maximum absolute atomic E-state index is 12.4. The summed E-state index contributed by atoms with van der Waals surface area (Å²) in [5.41, 5.74) is 8.29. The lowest BCUT2D eigenvalue weighted by atomic mass is 9.96. The van der Waals surface area contributed by atoms with Gasteiger partial charge in [-0.25, -0.2) is 10.6 Å². The molecule has 0 spiro atoms. The Morgan fingerprint density at radius 3 is 2.33 bits per heavy atom. The Balaban J connectivity index is 1.95. The first kappa shape index (κ1) is 17.7. The van der Waals surface area contributed by atoms with E-state index in [2.05, 4.69) is 10.7 Å². The van der Waals surface area contributed by atoms with Crippen molar-refractivity contribution >= 4 is 17.8 Å². The first-order valence-electron chi connectivity index (χ1n) is 7.90. The SMILES string of the molecule is NNC(=O)C(Cc1ccccc1)NC(=O)N1CCC(C(N)=O)CC1. The van der Waals surface area contributed by atoms with E-state index in [0.717, 1.165) is 5.56 Å². The molecule has 8 heteroatoms. The zero-order chi connectivity index (χ0) is 17.5. The van der Waals surface area contributed by atoms with Gasteiger partial charge in [-0.1, -0.05) is 30.3 Å². The normalized spacial score (nSPS) is 16.3. The number of nitrogens with two attached hydrogens (primary N) is 2. The summed E-state index contributed by atoms with van der Waals surface area (Å²) < 4.78 is 0. The van der Waals surface area contributed by atoms with Crippen molar-refractivity contribution in [3.05, 3.63) is 35.9 Å². The number of carbonyl (C=O) groups is 3. The first-order chi connectivity index (χ1) is 11.5. The molecule has 8 nitrogen and oxygen atoms in total. The molecule has 0 bridgehead atoms. The van der Waals surface area contributed by atoms with Gasteiger partial charge in [0.1, 0.15) is 6.04 Å². The monoisotopic (exact) mass is 333 g/mol. The van der Waals surface area contributed by atoms with Crippen LogP contribution >= 0.6 is 0 Å². The van der Waals surface area contributed by atoms with E-state index in [9.17, 15) is 14.4 Å². The highest BCUT2D eigenvalue weighted by Gasteiger charge is 2.28. The summed E-state index contributed by atoms with van der Waals surface area (Å²) in [6.07, 6.45) is 1.41. The Bertz CT molecular complexity index is 585. The second-order valence-electron chi connectivity index (χ2n) is 5.86. The molecule has 6 N–H and O–H groups in total. The Labute approximate surface area is 140 Å². The lowest BCUT2D eigenvalue weighted by Gasteiger charge is -2.31. The van der Waals surface area contributed by atoms with Gasteiger partial charge in [0.05, 0.1) is 0 Å². The number of likely N-dealkylation sites (tertiary alicyclic amines) is 1. The number of nitrogens with zero attached hydrogens (tertiary/aromatic N) is 1. The number of amides is 4. The minimum atomic E-state index is -0.765. The predicted octanol–water partition coefficient (Wildman–Crippen LogP) is -0.505. The fourth-order valence-corrected chi connectivity index (χ4v) is 2.77. The van der Waals surface area contributed by atoms with Crippen LogP contribution in [0.1, 0.15) is 18.4 Å². The van der Waals surface area contributed by atoms with Crippen LogP contribution < -0.4 is 22.3 Å². The van der Waals surface area contributed by atoms with Crippen LogP contribution in [-0.4, -0.2) is 41.9 Å². The van der Waals surface area contributed by atoms with E-state index in [4.69, 9.17) is 11.6 Å². The third-order valence-electron chi connectivity index (χ3n) is 4.22. The molecular formula is C16H23N5O3. The Morgan fingerprint density at radius 1 is 1.17 bits per heavy atom. The van der Waals surface area contributed by atoms with Crippen molar-refractivity contribution in [2.75, 3.05) is 13.1 Å². The quantitative estimate of drug-likeness (QED) is 0.328. The largest absolute Gasteiger partial charge is 0.369 e. The van der Waals surface area contributed by atoms with E-state index in [1.807, 2.05) is 30.3 Å². The van der Waals surface area contributed by atoms with Crippen LogP contribution in [-0.2, 0) is 16.0 Å².